The molecule has 3 amide bonds. The minimum absolute atomic E-state index is 0.0148. The molecular weight excluding hydrogens is 594 g/mol. The number of carbonyl (C=O) groups is 4. The third kappa shape index (κ3) is 8.83. The normalized spacial score (nSPS) is 14.4. The van der Waals surface area contributed by atoms with Crippen LogP contribution in [0.5, 0.6) is 11.5 Å². The molecular formula is C33H37N5O8. The number of hydrogen-bond donors (Lipinski definition) is 9. The molecule has 0 saturated heterocycles. The molecule has 0 spiro atoms. The van der Waals surface area contributed by atoms with Gasteiger partial charge in [-0.15, -0.1) is 0 Å². The first kappa shape index (κ1) is 33.5. The van der Waals surface area contributed by atoms with E-state index < -0.39 is 54.0 Å². The number of carbonyl (C=O) groups excluding carboxylic acids is 3. The molecule has 5 atom stereocenters. The Balaban J connectivity index is 1.60. The first-order valence-corrected chi connectivity index (χ1v) is 14.6. The maximum atomic E-state index is 13.9. The second-order valence-electron chi connectivity index (χ2n) is 11.1. The third-order valence-electron chi connectivity index (χ3n) is 7.52. The van der Waals surface area contributed by atoms with Crippen molar-refractivity contribution < 1.29 is 39.6 Å². The lowest BCUT2D eigenvalue weighted by atomic mass is 10.0. The number of phenols is 2. The quantitative estimate of drug-likeness (QED) is 0.0960. The highest BCUT2D eigenvalue weighted by Gasteiger charge is 2.32. The molecule has 1 heterocycles. The summed E-state index contributed by atoms with van der Waals surface area (Å²) in [7, 11) is 0. The van der Waals surface area contributed by atoms with E-state index >= 15 is 0 Å². The van der Waals surface area contributed by atoms with Crippen molar-refractivity contribution in [1.29, 1.82) is 0 Å². The highest BCUT2D eigenvalue weighted by atomic mass is 16.4. The number of phenolic OH excluding ortho intramolecular Hbond substituents is 2. The van der Waals surface area contributed by atoms with Gasteiger partial charge in [0.1, 0.15) is 23.6 Å². The number of nitrogens with two attached hydrogens (primary N) is 1. The van der Waals surface area contributed by atoms with Gasteiger partial charge in [-0.1, -0.05) is 42.5 Å². The van der Waals surface area contributed by atoms with Crippen LogP contribution in [0.4, 0.5) is 0 Å². The van der Waals surface area contributed by atoms with Gasteiger partial charge in [-0.3, -0.25) is 14.4 Å². The number of para-hydroxylation sites is 1. The lowest BCUT2D eigenvalue weighted by molar-refractivity contribution is -0.145. The van der Waals surface area contributed by atoms with Crippen LogP contribution in [0.2, 0.25) is 0 Å². The number of carboxylic acids is 1. The molecule has 0 aliphatic rings. The van der Waals surface area contributed by atoms with Crippen LogP contribution in [0.25, 0.3) is 10.9 Å². The van der Waals surface area contributed by atoms with Gasteiger partial charge >= 0.3 is 5.97 Å². The predicted octanol–water partition coefficient (Wildman–Crippen LogP) is 0.854. The Labute approximate surface area is 264 Å². The number of amides is 3. The van der Waals surface area contributed by atoms with Gasteiger partial charge in [-0.25, -0.2) is 4.79 Å². The van der Waals surface area contributed by atoms with E-state index in [4.69, 9.17) is 5.73 Å². The van der Waals surface area contributed by atoms with Crippen LogP contribution in [0.1, 0.15) is 23.6 Å². The fourth-order valence-electron chi connectivity index (χ4n) is 4.98. The number of hydrogen-bond acceptors (Lipinski definition) is 8. The van der Waals surface area contributed by atoms with Crippen LogP contribution in [0.3, 0.4) is 0 Å². The molecule has 46 heavy (non-hydrogen) atoms. The number of rotatable bonds is 14. The molecule has 0 aliphatic heterocycles. The average Bonchev–Trinajstić information content (AvgIpc) is 3.43. The van der Waals surface area contributed by atoms with Crippen molar-refractivity contribution in [3.8, 4) is 11.5 Å². The number of aromatic amines is 1. The molecule has 5 unspecified atom stereocenters. The number of benzene rings is 3. The van der Waals surface area contributed by atoms with E-state index in [2.05, 4.69) is 20.9 Å². The number of H-pyrrole nitrogens is 1. The van der Waals surface area contributed by atoms with Crippen molar-refractivity contribution in [2.45, 2.75) is 56.5 Å². The molecule has 4 rings (SSSR count). The topological polar surface area (TPSA) is 227 Å². The van der Waals surface area contributed by atoms with E-state index in [9.17, 15) is 39.6 Å². The largest absolute Gasteiger partial charge is 0.508 e. The van der Waals surface area contributed by atoms with E-state index in [-0.39, 0.29) is 30.8 Å². The van der Waals surface area contributed by atoms with Gasteiger partial charge in [0.15, 0.2) is 6.04 Å². The summed E-state index contributed by atoms with van der Waals surface area (Å²) in [4.78, 5) is 55.3. The number of aliphatic hydroxyl groups excluding tert-OH is 1. The standard InChI is InChI=1S/C33H37N5O8/c1-18(39)29(33(45)46)38-32(44)27(15-20-8-12-23(41)13-9-20)37-31(43)28(16-21-17-35-26-5-3-2-4-24(21)26)36-30(42)25(34)14-19-6-10-22(40)11-7-19/h2-13,17-18,25,27-29,35,39-41H,14-16,34H2,1H3,(H,36,42)(H,37,43)(H,38,44)(H,45,46). The van der Waals surface area contributed by atoms with Crippen LogP contribution in [0, 0.1) is 0 Å². The number of aliphatic hydroxyl groups is 1. The van der Waals surface area contributed by atoms with Crippen LogP contribution in [0.15, 0.2) is 79.0 Å². The highest BCUT2D eigenvalue weighted by molar-refractivity contribution is 5.95. The average molecular weight is 632 g/mol. The van der Waals surface area contributed by atoms with Crippen LogP contribution in [-0.2, 0) is 38.4 Å². The maximum absolute atomic E-state index is 13.9. The zero-order chi connectivity index (χ0) is 33.4. The zero-order valence-corrected chi connectivity index (χ0v) is 25.0. The summed E-state index contributed by atoms with van der Waals surface area (Å²) in [5, 5.41) is 47.1. The molecule has 1 aromatic heterocycles. The number of nitrogens with one attached hydrogen (secondary N) is 4. The number of aromatic nitrogens is 1. The van der Waals surface area contributed by atoms with E-state index in [0.717, 1.165) is 10.9 Å². The molecule has 0 aliphatic carbocycles. The van der Waals surface area contributed by atoms with Gasteiger partial charge in [0.2, 0.25) is 17.7 Å². The van der Waals surface area contributed by atoms with Gasteiger partial charge < -0.3 is 47.1 Å². The third-order valence-corrected chi connectivity index (χ3v) is 7.52. The minimum atomic E-state index is -1.65. The molecule has 242 valence electrons. The summed E-state index contributed by atoms with van der Waals surface area (Å²) < 4.78 is 0. The summed E-state index contributed by atoms with van der Waals surface area (Å²) in [6.07, 6.45) is 0.323. The van der Waals surface area contributed by atoms with Crippen molar-refractivity contribution in [3.05, 3.63) is 95.7 Å². The van der Waals surface area contributed by atoms with Crippen LogP contribution in [-0.4, -0.2) is 79.4 Å². The Kier molecular flexibility index (Phi) is 11.0. The Hall–Kier alpha value is -5.40. The molecule has 0 radical (unpaired) electrons. The van der Waals surface area contributed by atoms with Gasteiger partial charge in [0.25, 0.3) is 0 Å². The van der Waals surface area contributed by atoms with Crippen molar-refractivity contribution in [2.24, 2.45) is 5.73 Å². The molecule has 13 nitrogen and oxygen atoms in total. The highest BCUT2D eigenvalue weighted by Crippen LogP contribution is 2.20. The fraction of sp³-hybridized carbons (Fsp3) is 0.273. The second kappa shape index (κ2) is 15.1. The Morgan fingerprint density at radius 3 is 1.85 bits per heavy atom. The lowest BCUT2D eigenvalue weighted by Gasteiger charge is -2.26. The summed E-state index contributed by atoms with van der Waals surface area (Å²) in [5.74, 6) is -3.67. The molecule has 0 bridgehead atoms. The SMILES string of the molecule is CC(O)C(NC(=O)C(Cc1ccc(O)cc1)NC(=O)C(Cc1c[nH]c2ccccc12)NC(=O)C(N)Cc1ccc(O)cc1)C(=O)O. The van der Waals surface area contributed by atoms with Crippen LogP contribution >= 0.6 is 0 Å². The van der Waals surface area contributed by atoms with E-state index in [0.29, 0.717) is 16.7 Å². The van der Waals surface area contributed by atoms with Crippen molar-refractivity contribution in [2.75, 3.05) is 0 Å². The maximum Gasteiger partial charge on any atom is 0.328 e. The number of fused-ring (bicyclic) bond motifs is 1. The molecule has 13 heteroatoms. The molecule has 0 saturated carbocycles. The Morgan fingerprint density at radius 2 is 1.26 bits per heavy atom. The smallest absolute Gasteiger partial charge is 0.328 e. The fourth-order valence-corrected chi connectivity index (χ4v) is 4.98. The zero-order valence-electron chi connectivity index (χ0n) is 25.0. The Bertz CT molecular complexity index is 1670. The lowest BCUT2D eigenvalue weighted by Crippen LogP contribution is -2.59. The molecule has 3 aromatic carbocycles. The van der Waals surface area contributed by atoms with Crippen molar-refractivity contribution in [3.63, 3.8) is 0 Å². The summed E-state index contributed by atoms with van der Waals surface area (Å²) in [5.41, 5.74) is 8.95. The van der Waals surface area contributed by atoms with E-state index in [1.54, 1.807) is 30.5 Å². The number of carboxylic acid groups (broad SMARTS) is 1. The van der Waals surface area contributed by atoms with E-state index in [1.165, 1.54) is 31.2 Å². The van der Waals surface area contributed by atoms with E-state index in [1.807, 2.05) is 24.3 Å². The summed E-state index contributed by atoms with van der Waals surface area (Å²) >= 11 is 0. The van der Waals surface area contributed by atoms with Crippen molar-refractivity contribution >= 4 is 34.6 Å². The molecule has 4 aromatic rings. The van der Waals surface area contributed by atoms with Gasteiger partial charge in [0, 0.05) is 29.9 Å². The molecule has 10 N–H and O–H groups in total. The summed E-state index contributed by atoms with van der Waals surface area (Å²) in [6, 6.07) is 14.2. The first-order chi connectivity index (χ1) is 21.9. The number of aliphatic carboxylic acids is 1. The van der Waals surface area contributed by atoms with Gasteiger partial charge in [0.05, 0.1) is 12.1 Å². The second-order valence-corrected chi connectivity index (χ2v) is 11.1. The van der Waals surface area contributed by atoms with Crippen molar-refractivity contribution in [1.82, 2.24) is 20.9 Å². The summed E-state index contributed by atoms with van der Waals surface area (Å²) in [6.45, 7) is 1.21. The monoisotopic (exact) mass is 631 g/mol. The predicted molar refractivity (Wildman–Crippen MR) is 169 cm³/mol. The Morgan fingerprint density at radius 1 is 0.739 bits per heavy atom. The number of aromatic hydroxyl groups is 2. The minimum Gasteiger partial charge on any atom is -0.508 e. The van der Waals surface area contributed by atoms with Gasteiger partial charge in [-0.05, 0) is 60.4 Å². The molecule has 0 fully saturated rings. The first-order valence-electron chi connectivity index (χ1n) is 14.6. The van der Waals surface area contributed by atoms with Crippen LogP contribution < -0.4 is 21.7 Å². The van der Waals surface area contributed by atoms with Gasteiger partial charge in [-0.2, -0.15) is 0 Å².